The molecular formula is C81H140O16P2. The Balaban J connectivity index is 4.50. The highest BCUT2D eigenvalue weighted by atomic mass is 31.2. The van der Waals surface area contributed by atoms with Crippen LogP contribution in [0, 0.1) is 0 Å². The fourth-order valence-corrected chi connectivity index (χ4v) is 11.8. The third-order valence-electron chi connectivity index (χ3n) is 16.2. The van der Waals surface area contributed by atoms with E-state index >= 15 is 0 Å². The van der Waals surface area contributed by atoms with Crippen LogP contribution in [0.3, 0.4) is 0 Å². The zero-order valence-corrected chi connectivity index (χ0v) is 63.9. The summed E-state index contributed by atoms with van der Waals surface area (Å²) in [6.45, 7) is 2.53. The molecule has 5 atom stereocenters. The normalized spacial score (nSPS) is 14.7. The van der Waals surface area contributed by atoms with Crippen molar-refractivity contribution < 1.29 is 75.8 Å². The van der Waals surface area contributed by atoms with Crippen LogP contribution < -0.4 is 0 Å². The molecule has 4 N–H and O–H groups in total. The summed E-state index contributed by atoms with van der Waals surface area (Å²) < 4.78 is 61.0. The van der Waals surface area contributed by atoms with Crippen LogP contribution in [0.2, 0.25) is 0 Å². The van der Waals surface area contributed by atoms with E-state index in [0.29, 0.717) is 19.3 Å². The Morgan fingerprint density at radius 2 is 0.535 bits per heavy atom. The van der Waals surface area contributed by atoms with Gasteiger partial charge in [-0.15, -0.1) is 0 Å². The second kappa shape index (κ2) is 73.7. The van der Waals surface area contributed by atoms with Crippen LogP contribution in [0.5, 0.6) is 0 Å². The van der Waals surface area contributed by atoms with Crippen LogP contribution in [0.4, 0.5) is 0 Å². The summed E-state index contributed by atoms with van der Waals surface area (Å²) in [4.78, 5) is 58.5. The number of aliphatic hydroxyl groups is 2. The van der Waals surface area contributed by atoms with Gasteiger partial charge in [-0.05, 0) is 116 Å². The van der Waals surface area contributed by atoms with E-state index in [1.165, 1.54) is 109 Å². The second-order valence-corrected chi connectivity index (χ2v) is 28.7. The minimum Gasteiger partial charge on any atom is -0.463 e. The van der Waals surface area contributed by atoms with Crippen molar-refractivity contribution in [3.05, 3.63) is 122 Å². The van der Waals surface area contributed by atoms with Crippen molar-refractivity contribution in [2.24, 2.45) is 0 Å². The van der Waals surface area contributed by atoms with Crippen LogP contribution in [0.1, 0.15) is 316 Å². The van der Waals surface area contributed by atoms with Gasteiger partial charge in [0.25, 0.3) is 0 Å². The molecule has 18 heteroatoms. The zero-order chi connectivity index (χ0) is 72.3. The summed E-state index contributed by atoms with van der Waals surface area (Å²) in [6, 6.07) is 0. The first-order valence-electron chi connectivity index (χ1n) is 38.8. The Labute approximate surface area is 602 Å². The van der Waals surface area contributed by atoms with Crippen molar-refractivity contribution in [2.75, 3.05) is 39.6 Å². The molecule has 0 aromatic carbocycles. The van der Waals surface area contributed by atoms with Gasteiger partial charge in [0.2, 0.25) is 0 Å². The summed E-state index contributed by atoms with van der Waals surface area (Å²) in [5.74, 6) is -1.58. The number of aliphatic hydroxyl groups excluding tert-OH is 2. The van der Waals surface area contributed by atoms with Gasteiger partial charge >= 0.3 is 33.6 Å². The number of hydrogen-bond acceptors (Lipinski definition) is 14. The highest BCUT2D eigenvalue weighted by Crippen LogP contribution is 2.45. The molecule has 0 aromatic heterocycles. The third kappa shape index (κ3) is 74.9. The van der Waals surface area contributed by atoms with Crippen LogP contribution >= 0.6 is 15.6 Å². The summed E-state index contributed by atoms with van der Waals surface area (Å²) in [5.41, 5.74) is 0. The monoisotopic (exact) mass is 1430 g/mol. The van der Waals surface area contributed by atoms with Crippen LogP contribution in [-0.4, -0.2) is 95.9 Å². The quantitative estimate of drug-likeness (QED) is 0.0146. The minimum absolute atomic E-state index is 0.104. The topological polar surface area (TPSA) is 231 Å². The zero-order valence-electron chi connectivity index (χ0n) is 62.1. The molecule has 0 saturated carbocycles. The molecule has 0 saturated heterocycles. The first-order valence-corrected chi connectivity index (χ1v) is 41.8. The lowest BCUT2D eigenvalue weighted by atomic mass is 10.1. The van der Waals surface area contributed by atoms with Crippen molar-refractivity contribution in [2.45, 2.75) is 334 Å². The molecule has 0 aliphatic rings. The smallest absolute Gasteiger partial charge is 0.463 e. The van der Waals surface area contributed by atoms with Crippen molar-refractivity contribution in [3.8, 4) is 0 Å². The van der Waals surface area contributed by atoms with Gasteiger partial charge in [0.1, 0.15) is 25.4 Å². The molecule has 0 spiro atoms. The number of carbonyl (C=O) groups excluding carboxylic acids is 3. The number of phosphoric acid groups is 2. The SMILES string of the molecule is CC/C=C\C/C=C\C/C=C\C/C=C\C/C=C\C/C=C\CCCCCCCCCCC(=O)OCC(O)COP(=O)(O)OCC(O)COP(=O)(O)OCC(COC(=O)CCCCCCCCCCC/C=C\C/C=C\C/C=C\C/C=C\CCCCC)OC(=O)CCCCCCCCCCCCC. The van der Waals surface area contributed by atoms with Crippen molar-refractivity contribution >= 4 is 33.6 Å². The molecule has 0 fully saturated rings. The summed E-state index contributed by atoms with van der Waals surface area (Å²) in [5, 5.41) is 20.6. The van der Waals surface area contributed by atoms with E-state index in [4.69, 9.17) is 32.3 Å². The van der Waals surface area contributed by atoms with Gasteiger partial charge in [0.05, 0.1) is 26.4 Å². The number of rotatable bonds is 73. The molecule has 570 valence electrons. The van der Waals surface area contributed by atoms with Gasteiger partial charge in [-0.3, -0.25) is 32.5 Å². The average molecular weight is 1430 g/mol. The van der Waals surface area contributed by atoms with Gasteiger partial charge < -0.3 is 34.2 Å². The first kappa shape index (κ1) is 94.9. The predicted octanol–water partition coefficient (Wildman–Crippen LogP) is 22.5. The number of unbranched alkanes of at least 4 members (excludes halogenated alkanes) is 30. The largest absolute Gasteiger partial charge is 0.472 e. The Morgan fingerprint density at radius 3 is 0.869 bits per heavy atom. The van der Waals surface area contributed by atoms with Crippen LogP contribution in [0.25, 0.3) is 0 Å². The summed E-state index contributed by atoms with van der Waals surface area (Å²) >= 11 is 0. The number of esters is 3. The van der Waals surface area contributed by atoms with Crippen LogP contribution in [-0.2, 0) is 55.8 Å². The summed E-state index contributed by atoms with van der Waals surface area (Å²) in [7, 11) is -9.78. The van der Waals surface area contributed by atoms with E-state index in [1.807, 2.05) is 0 Å². The number of carbonyl (C=O) groups is 3. The average Bonchev–Trinajstić information content (AvgIpc) is 1.26. The van der Waals surface area contributed by atoms with Gasteiger partial charge in [-0.2, -0.15) is 0 Å². The third-order valence-corrected chi connectivity index (χ3v) is 18.1. The Morgan fingerprint density at radius 1 is 0.293 bits per heavy atom. The second-order valence-electron chi connectivity index (χ2n) is 25.8. The van der Waals surface area contributed by atoms with Gasteiger partial charge in [-0.1, -0.05) is 303 Å². The van der Waals surface area contributed by atoms with E-state index in [1.54, 1.807) is 0 Å². The molecule has 0 radical (unpaired) electrons. The standard InChI is InChI=1S/C81H140O16P2/c1-4-7-10-13-16-19-22-24-26-28-30-32-34-36-37-39-41-42-44-46-48-50-53-55-58-61-64-67-79(84)91-70-76(82)71-93-98(87,88)94-72-77(83)73-95-99(89,90)96-75-78(97-81(86)69-66-63-60-57-52-21-18-15-12-9-6-3)74-92-80(85)68-65-62-59-56-54-51-49-47-45-43-40-38-35-33-31-29-27-25-23-20-17-14-11-8-5-2/h7,10,16-17,19-20,24-27,30-33,36-38,40-42,76-78,82-83H,4-6,8-9,11-15,18,21-23,28-29,34-35,39,43-75H2,1-3H3,(H,87,88)(H,89,90)/b10-7-,19-16-,20-17-,26-24-,27-25-,32-30-,33-31-,37-36-,40-38-,42-41-. The summed E-state index contributed by atoms with van der Waals surface area (Å²) in [6.07, 6.45) is 86.8. The fraction of sp³-hybridized carbons (Fsp3) is 0.716. The highest BCUT2D eigenvalue weighted by molar-refractivity contribution is 7.47. The fourth-order valence-electron chi connectivity index (χ4n) is 10.3. The number of phosphoric ester groups is 2. The maximum atomic E-state index is 12.9. The van der Waals surface area contributed by atoms with Crippen LogP contribution in [0.15, 0.2) is 122 Å². The molecular weight excluding hydrogens is 1290 g/mol. The molecule has 5 unspecified atom stereocenters. The molecule has 0 aromatic rings. The van der Waals surface area contributed by atoms with E-state index < -0.39 is 91.5 Å². The first-order chi connectivity index (χ1) is 48.2. The van der Waals surface area contributed by atoms with E-state index in [9.17, 15) is 43.5 Å². The van der Waals surface area contributed by atoms with Gasteiger partial charge in [0, 0.05) is 19.3 Å². The van der Waals surface area contributed by atoms with Gasteiger partial charge in [0.15, 0.2) is 6.10 Å². The van der Waals surface area contributed by atoms with E-state index in [-0.39, 0.29) is 19.3 Å². The maximum Gasteiger partial charge on any atom is 0.472 e. The lowest BCUT2D eigenvalue weighted by Crippen LogP contribution is -2.30. The Hall–Kier alpha value is -4.05. The molecule has 0 amide bonds. The number of ether oxygens (including phenoxy) is 3. The maximum absolute atomic E-state index is 12.9. The highest BCUT2D eigenvalue weighted by Gasteiger charge is 2.29. The lowest BCUT2D eigenvalue weighted by molar-refractivity contribution is -0.161. The number of allylic oxidation sites excluding steroid dienone is 20. The van der Waals surface area contributed by atoms with E-state index in [2.05, 4.69) is 142 Å². The Kier molecular flexibility index (Phi) is 70.7. The van der Waals surface area contributed by atoms with Gasteiger partial charge in [-0.25, -0.2) is 9.13 Å². The lowest BCUT2D eigenvalue weighted by Gasteiger charge is -2.21. The van der Waals surface area contributed by atoms with Crippen molar-refractivity contribution in [3.63, 3.8) is 0 Å². The molecule has 16 nitrogen and oxygen atoms in total. The molecule has 0 aliphatic heterocycles. The van der Waals surface area contributed by atoms with Crippen molar-refractivity contribution in [1.82, 2.24) is 0 Å². The Bertz CT molecular complexity index is 2290. The molecule has 0 heterocycles. The predicted molar refractivity (Wildman–Crippen MR) is 408 cm³/mol. The van der Waals surface area contributed by atoms with E-state index in [0.717, 1.165) is 148 Å². The molecule has 99 heavy (non-hydrogen) atoms. The molecule has 0 aliphatic carbocycles. The molecule has 0 bridgehead atoms. The number of hydrogen-bond donors (Lipinski definition) is 4. The van der Waals surface area contributed by atoms with Crippen molar-refractivity contribution in [1.29, 1.82) is 0 Å². The minimum atomic E-state index is -4.93. The molecule has 0 rings (SSSR count).